The summed E-state index contributed by atoms with van der Waals surface area (Å²) in [6, 6.07) is -0.295. The zero-order valence-electron chi connectivity index (χ0n) is 11.8. The molecule has 1 rings (SSSR count). The van der Waals surface area contributed by atoms with Crippen LogP contribution in [0, 0.1) is 5.92 Å². The molecule has 3 amide bonds. The lowest BCUT2D eigenvalue weighted by molar-refractivity contribution is -0.127. The molecule has 0 aromatic rings. The summed E-state index contributed by atoms with van der Waals surface area (Å²) in [7, 11) is 0. The van der Waals surface area contributed by atoms with Crippen molar-refractivity contribution < 1.29 is 14.3 Å². The van der Waals surface area contributed by atoms with Gasteiger partial charge in [0.15, 0.2) is 0 Å². The fourth-order valence-electron chi connectivity index (χ4n) is 2.34. The Morgan fingerprint density at radius 3 is 2.39 bits per heavy atom. The lowest BCUT2D eigenvalue weighted by Gasteiger charge is -2.33. The van der Waals surface area contributed by atoms with Crippen LogP contribution in [0.2, 0.25) is 0 Å². The summed E-state index contributed by atoms with van der Waals surface area (Å²) in [6.45, 7) is 9.64. The standard InChI is InChI=1S/C13H24N2O3/c1-5-13(6-2)11(16)14-12(17)15(13)7-8-18-9-10(3)4/h10H,5-9H2,1-4H3,(H,14,16,17). The minimum absolute atomic E-state index is 0.179. The van der Waals surface area contributed by atoms with Gasteiger partial charge < -0.3 is 9.64 Å². The van der Waals surface area contributed by atoms with E-state index in [4.69, 9.17) is 4.74 Å². The molecule has 1 aliphatic rings. The predicted molar refractivity (Wildman–Crippen MR) is 69.2 cm³/mol. The van der Waals surface area contributed by atoms with Crippen LogP contribution in [0.4, 0.5) is 4.79 Å². The summed E-state index contributed by atoms with van der Waals surface area (Å²) in [5, 5.41) is 2.40. The molecule has 0 aromatic heterocycles. The molecule has 1 saturated heterocycles. The molecule has 0 aromatic carbocycles. The number of urea groups is 1. The molecule has 0 aliphatic carbocycles. The third-order valence-corrected chi connectivity index (χ3v) is 3.49. The molecule has 0 bridgehead atoms. The Morgan fingerprint density at radius 2 is 1.89 bits per heavy atom. The molecule has 5 heteroatoms. The highest BCUT2D eigenvalue weighted by Crippen LogP contribution is 2.28. The smallest absolute Gasteiger partial charge is 0.325 e. The lowest BCUT2D eigenvalue weighted by Crippen LogP contribution is -2.49. The third kappa shape index (κ3) is 2.83. The van der Waals surface area contributed by atoms with Gasteiger partial charge in [0, 0.05) is 13.2 Å². The second kappa shape index (κ2) is 6.18. The normalized spacial score (nSPS) is 18.6. The molecule has 0 saturated carbocycles. The van der Waals surface area contributed by atoms with Gasteiger partial charge >= 0.3 is 6.03 Å². The largest absolute Gasteiger partial charge is 0.379 e. The van der Waals surface area contributed by atoms with Gasteiger partial charge in [0.25, 0.3) is 5.91 Å². The summed E-state index contributed by atoms with van der Waals surface area (Å²) < 4.78 is 5.49. The molecule has 1 fully saturated rings. The first-order valence-corrected chi connectivity index (χ1v) is 6.68. The molecule has 0 unspecified atom stereocenters. The Morgan fingerprint density at radius 1 is 1.28 bits per heavy atom. The van der Waals surface area contributed by atoms with Gasteiger partial charge in [-0.3, -0.25) is 10.1 Å². The van der Waals surface area contributed by atoms with Crippen molar-refractivity contribution in [3.63, 3.8) is 0 Å². The van der Waals surface area contributed by atoms with Gasteiger partial charge in [0.2, 0.25) is 0 Å². The average Bonchev–Trinajstić information content (AvgIpc) is 2.56. The second-order valence-electron chi connectivity index (χ2n) is 5.12. The van der Waals surface area contributed by atoms with Gasteiger partial charge in [0.1, 0.15) is 5.54 Å². The van der Waals surface area contributed by atoms with Crippen LogP contribution >= 0.6 is 0 Å². The SMILES string of the molecule is CCC1(CC)C(=O)NC(=O)N1CCOCC(C)C. The quantitative estimate of drug-likeness (QED) is 0.558. The van der Waals surface area contributed by atoms with Gasteiger partial charge in [-0.25, -0.2) is 4.79 Å². The first kappa shape index (κ1) is 15.0. The van der Waals surface area contributed by atoms with E-state index in [2.05, 4.69) is 19.2 Å². The van der Waals surface area contributed by atoms with Gasteiger partial charge in [-0.05, 0) is 18.8 Å². The first-order chi connectivity index (χ1) is 8.47. The minimum Gasteiger partial charge on any atom is -0.379 e. The van der Waals surface area contributed by atoms with Crippen molar-refractivity contribution in [2.45, 2.75) is 46.1 Å². The highest BCUT2D eigenvalue weighted by molar-refractivity contribution is 6.06. The Kier molecular flexibility index (Phi) is 5.14. The van der Waals surface area contributed by atoms with Crippen LogP contribution in [0.1, 0.15) is 40.5 Å². The molecule has 1 heterocycles. The maximum atomic E-state index is 11.9. The van der Waals surface area contributed by atoms with Crippen LogP contribution in [0.25, 0.3) is 0 Å². The summed E-state index contributed by atoms with van der Waals surface area (Å²) >= 11 is 0. The molecule has 18 heavy (non-hydrogen) atoms. The van der Waals surface area contributed by atoms with Gasteiger partial charge in [-0.2, -0.15) is 0 Å². The van der Waals surface area contributed by atoms with E-state index >= 15 is 0 Å². The highest BCUT2D eigenvalue weighted by Gasteiger charge is 2.49. The number of hydrogen-bond donors (Lipinski definition) is 1. The van der Waals surface area contributed by atoms with Crippen molar-refractivity contribution in [3.8, 4) is 0 Å². The molecule has 1 N–H and O–H groups in total. The maximum absolute atomic E-state index is 11.9. The van der Waals surface area contributed by atoms with E-state index in [-0.39, 0.29) is 11.9 Å². The molecule has 5 nitrogen and oxygen atoms in total. The van der Waals surface area contributed by atoms with E-state index in [0.717, 1.165) is 0 Å². The van der Waals surface area contributed by atoms with Crippen LogP contribution in [-0.2, 0) is 9.53 Å². The predicted octanol–water partition coefficient (Wildman–Crippen LogP) is 1.77. The van der Waals surface area contributed by atoms with Crippen molar-refractivity contribution >= 4 is 11.9 Å². The number of rotatable bonds is 7. The Bertz CT molecular complexity index is 311. The fraction of sp³-hybridized carbons (Fsp3) is 0.846. The van der Waals surface area contributed by atoms with Crippen molar-refractivity contribution in [1.29, 1.82) is 0 Å². The van der Waals surface area contributed by atoms with Crippen LogP contribution in [0.5, 0.6) is 0 Å². The van der Waals surface area contributed by atoms with E-state index in [0.29, 0.717) is 38.5 Å². The number of nitrogens with zero attached hydrogens (tertiary/aromatic N) is 1. The van der Waals surface area contributed by atoms with Crippen molar-refractivity contribution in [3.05, 3.63) is 0 Å². The third-order valence-electron chi connectivity index (χ3n) is 3.49. The lowest BCUT2D eigenvalue weighted by atomic mass is 9.91. The number of ether oxygens (including phenoxy) is 1. The molecule has 0 spiro atoms. The van der Waals surface area contributed by atoms with E-state index < -0.39 is 5.54 Å². The molecular formula is C13H24N2O3. The topological polar surface area (TPSA) is 58.6 Å². The van der Waals surface area contributed by atoms with Crippen LogP contribution in [0.3, 0.4) is 0 Å². The Balaban J connectivity index is 2.61. The van der Waals surface area contributed by atoms with Crippen molar-refractivity contribution in [2.75, 3.05) is 19.8 Å². The number of carbonyl (C=O) groups excluding carboxylic acids is 2. The molecule has 0 radical (unpaired) electrons. The summed E-state index contributed by atoms with van der Waals surface area (Å²) in [5.41, 5.74) is -0.682. The zero-order chi connectivity index (χ0) is 13.8. The van der Waals surface area contributed by atoms with E-state index in [1.807, 2.05) is 13.8 Å². The summed E-state index contributed by atoms with van der Waals surface area (Å²) in [5.74, 6) is 0.294. The molecule has 104 valence electrons. The summed E-state index contributed by atoms with van der Waals surface area (Å²) in [6.07, 6.45) is 1.26. The minimum atomic E-state index is -0.682. The van der Waals surface area contributed by atoms with Crippen molar-refractivity contribution in [1.82, 2.24) is 10.2 Å². The monoisotopic (exact) mass is 256 g/mol. The number of nitrogens with one attached hydrogen (secondary N) is 1. The molecule has 0 atom stereocenters. The average molecular weight is 256 g/mol. The number of imide groups is 1. The number of carbonyl (C=O) groups is 2. The van der Waals surface area contributed by atoms with Crippen LogP contribution in [-0.4, -0.2) is 42.1 Å². The Hall–Kier alpha value is -1.10. The van der Waals surface area contributed by atoms with E-state index in [1.54, 1.807) is 4.90 Å². The molecule has 1 aliphatic heterocycles. The number of amides is 3. The van der Waals surface area contributed by atoms with Gasteiger partial charge in [-0.15, -0.1) is 0 Å². The van der Waals surface area contributed by atoms with Gasteiger partial charge in [-0.1, -0.05) is 27.7 Å². The maximum Gasteiger partial charge on any atom is 0.325 e. The van der Waals surface area contributed by atoms with Crippen molar-refractivity contribution in [2.24, 2.45) is 5.92 Å². The second-order valence-corrected chi connectivity index (χ2v) is 5.12. The zero-order valence-corrected chi connectivity index (χ0v) is 11.8. The Labute approximate surface area is 109 Å². The molecular weight excluding hydrogens is 232 g/mol. The summed E-state index contributed by atoms with van der Waals surface area (Å²) in [4.78, 5) is 25.3. The van der Waals surface area contributed by atoms with Gasteiger partial charge in [0.05, 0.1) is 6.61 Å². The van der Waals surface area contributed by atoms with Crippen LogP contribution < -0.4 is 5.32 Å². The fourth-order valence-corrected chi connectivity index (χ4v) is 2.34. The van der Waals surface area contributed by atoms with E-state index in [9.17, 15) is 9.59 Å². The van der Waals surface area contributed by atoms with Crippen LogP contribution in [0.15, 0.2) is 0 Å². The first-order valence-electron chi connectivity index (χ1n) is 6.68. The highest BCUT2D eigenvalue weighted by atomic mass is 16.5. The number of hydrogen-bond acceptors (Lipinski definition) is 3. The van der Waals surface area contributed by atoms with E-state index in [1.165, 1.54) is 0 Å².